The van der Waals surface area contributed by atoms with Crippen molar-refractivity contribution < 1.29 is 0 Å². The SMILES string of the molecule is CN1CCC(Cc2cnc(N)s2)CC1. The second-order valence-electron chi connectivity index (χ2n) is 4.12. The van der Waals surface area contributed by atoms with Crippen molar-refractivity contribution in [2.24, 2.45) is 5.92 Å². The molecular formula is C10H17N3S. The number of hydrogen-bond acceptors (Lipinski definition) is 4. The largest absolute Gasteiger partial charge is 0.375 e. The Hall–Kier alpha value is -0.610. The molecule has 1 fully saturated rings. The smallest absolute Gasteiger partial charge is 0.180 e. The summed E-state index contributed by atoms with van der Waals surface area (Å²) in [5.74, 6) is 0.839. The van der Waals surface area contributed by atoms with Crippen LogP contribution < -0.4 is 5.73 Å². The third-order valence-corrected chi connectivity index (χ3v) is 3.75. The van der Waals surface area contributed by atoms with Gasteiger partial charge in [-0.3, -0.25) is 0 Å². The maximum absolute atomic E-state index is 5.60. The van der Waals surface area contributed by atoms with E-state index in [1.807, 2.05) is 6.20 Å². The number of hydrogen-bond donors (Lipinski definition) is 1. The van der Waals surface area contributed by atoms with Crippen LogP contribution in [0.3, 0.4) is 0 Å². The van der Waals surface area contributed by atoms with Gasteiger partial charge in [0, 0.05) is 11.1 Å². The molecule has 0 aliphatic carbocycles. The van der Waals surface area contributed by atoms with Crippen molar-refractivity contribution in [3.63, 3.8) is 0 Å². The number of rotatable bonds is 2. The van der Waals surface area contributed by atoms with Gasteiger partial charge in [0.05, 0.1) is 0 Å². The molecule has 0 unspecified atom stereocenters. The highest BCUT2D eigenvalue weighted by atomic mass is 32.1. The molecule has 1 aliphatic rings. The zero-order valence-electron chi connectivity index (χ0n) is 8.57. The van der Waals surface area contributed by atoms with Gasteiger partial charge in [-0.15, -0.1) is 11.3 Å². The Labute approximate surface area is 88.9 Å². The van der Waals surface area contributed by atoms with Gasteiger partial charge in [0.1, 0.15) is 0 Å². The first-order valence-corrected chi connectivity index (χ1v) is 5.94. The molecule has 2 rings (SSSR count). The van der Waals surface area contributed by atoms with E-state index in [2.05, 4.69) is 16.9 Å². The maximum Gasteiger partial charge on any atom is 0.180 e. The molecule has 0 bridgehead atoms. The first-order chi connectivity index (χ1) is 6.74. The maximum atomic E-state index is 5.60. The minimum Gasteiger partial charge on any atom is -0.375 e. The minimum atomic E-state index is 0.702. The number of piperidine rings is 1. The van der Waals surface area contributed by atoms with E-state index in [1.54, 1.807) is 11.3 Å². The molecule has 2 heterocycles. The Morgan fingerprint density at radius 3 is 2.86 bits per heavy atom. The van der Waals surface area contributed by atoms with E-state index in [1.165, 1.54) is 37.2 Å². The second kappa shape index (κ2) is 4.28. The number of thiazole rings is 1. The van der Waals surface area contributed by atoms with Crippen LogP contribution in [0.25, 0.3) is 0 Å². The molecule has 2 N–H and O–H groups in total. The fourth-order valence-electron chi connectivity index (χ4n) is 1.97. The van der Waals surface area contributed by atoms with Crippen LogP contribution in [0.2, 0.25) is 0 Å². The Bertz CT molecular complexity index is 289. The summed E-state index contributed by atoms with van der Waals surface area (Å²) >= 11 is 1.64. The lowest BCUT2D eigenvalue weighted by Gasteiger charge is -2.28. The Morgan fingerprint density at radius 1 is 1.57 bits per heavy atom. The first kappa shape index (κ1) is 9.93. The number of nitrogens with two attached hydrogens (primary N) is 1. The van der Waals surface area contributed by atoms with Crippen LogP contribution in [0, 0.1) is 5.92 Å². The highest BCUT2D eigenvalue weighted by Crippen LogP contribution is 2.24. The van der Waals surface area contributed by atoms with Crippen molar-refractivity contribution in [3.8, 4) is 0 Å². The van der Waals surface area contributed by atoms with Crippen molar-refractivity contribution in [1.29, 1.82) is 0 Å². The van der Waals surface area contributed by atoms with Crippen LogP contribution in [-0.2, 0) is 6.42 Å². The lowest BCUT2D eigenvalue weighted by Crippen LogP contribution is -2.30. The van der Waals surface area contributed by atoms with Crippen LogP contribution in [0.4, 0.5) is 5.13 Å². The average Bonchev–Trinajstić information content (AvgIpc) is 2.56. The number of nitrogens with zero attached hydrogens (tertiary/aromatic N) is 2. The van der Waals surface area contributed by atoms with Crippen LogP contribution in [-0.4, -0.2) is 30.0 Å². The van der Waals surface area contributed by atoms with Gasteiger partial charge < -0.3 is 10.6 Å². The third kappa shape index (κ3) is 2.45. The molecule has 1 saturated heterocycles. The van der Waals surface area contributed by atoms with Gasteiger partial charge in [-0.05, 0) is 45.3 Å². The summed E-state index contributed by atoms with van der Waals surface area (Å²) < 4.78 is 0. The molecule has 1 aliphatic heterocycles. The van der Waals surface area contributed by atoms with Gasteiger partial charge in [-0.2, -0.15) is 0 Å². The van der Waals surface area contributed by atoms with Crippen LogP contribution in [0.1, 0.15) is 17.7 Å². The molecule has 0 amide bonds. The molecule has 1 aromatic rings. The standard InChI is InChI=1S/C10H17N3S/c1-13-4-2-8(3-5-13)6-9-7-12-10(11)14-9/h7-8H,2-6H2,1H3,(H2,11,12). The van der Waals surface area contributed by atoms with Gasteiger partial charge in [-0.1, -0.05) is 0 Å². The van der Waals surface area contributed by atoms with E-state index < -0.39 is 0 Å². The minimum absolute atomic E-state index is 0.702. The van der Waals surface area contributed by atoms with Crippen LogP contribution in [0.15, 0.2) is 6.20 Å². The number of anilines is 1. The fourth-order valence-corrected chi connectivity index (χ4v) is 2.77. The lowest BCUT2D eigenvalue weighted by molar-refractivity contribution is 0.219. The van der Waals surface area contributed by atoms with Gasteiger partial charge in [0.25, 0.3) is 0 Å². The summed E-state index contributed by atoms with van der Waals surface area (Å²) in [5.41, 5.74) is 5.60. The van der Waals surface area contributed by atoms with E-state index >= 15 is 0 Å². The molecule has 14 heavy (non-hydrogen) atoms. The van der Waals surface area contributed by atoms with Crippen LogP contribution >= 0.6 is 11.3 Å². The number of aromatic nitrogens is 1. The lowest BCUT2D eigenvalue weighted by atomic mass is 9.93. The molecule has 0 aromatic carbocycles. The Morgan fingerprint density at radius 2 is 2.29 bits per heavy atom. The van der Waals surface area contributed by atoms with Crippen molar-refractivity contribution in [2.75, 3.05) is 25.9 Å². The quantitative estimate of drug-likeness (QED) is 0.808. The van der Waals surface area contributed by atoms with Crippen molar-refractivity contribution in [3.05, 3.63) is 11.1 Å². The zero-order chi connectivity index (χ0) is 9.97. The van der Waals surface area contributed by atoms with Crippen molar-refractivity contribution in [2.45, 2.75) is 19.3 Å². The molecule has 3 nitrogen and oxygen atoms in total. The highest BCUT2D eigenvalue weighted by Gasteiger charge is 2.17. The second-order valence-corrected chi connectivity index (χ2v) is 5.26. The van der Waals surface area contributed by atoms with E-state index in [0.717, 1.165) is 5.92 Å². The van der Waals surface area contributed by atoms with Gasteiger partial charge >= 0.3 is 0 Å². The Kier molecular flexibility index (Phi) is 3.03. The summed E-state index contributed by atoms with van der Waals surface area (Å²) in [6, 6.07) is 0. The topological polar surface area (TPSA) is 42.2 Å². The number of likely N-dealkylation sites (tertiary alicyclic amines) is 1. The monoisotopic (exact) mass is 211 g/mol. The molecule has 0 atom stereocenters. The summed E-state index contributed by atoms with van der Waals surface area (Å²) in [6.45, 7) is 2.47. The predicted molar refractivity (Wildman–Crippen MR) is 60.5 cm³/mol. The van der Waals surface area contributed by atoms with Gasteiger partial charge in [0.2, 0.25) is 0 Å². The molecular weight excluding hydrogens is 194 g/mol. The van der Waals surface area contributed by atoms with E-state index in [9.17, 15) is 0 Å². The summed E-state index contributed by atoms with van der Waals surface area (Å²) in [7, 11) is 2.20. The zero-order valence-corrected chi connectivity index (χ0v) is 9.39. The van der Waals surface area contributed by atoms with Gasteiger partial charge in [-0.25, -0.2) is 4.98 Å². The molecule has 0 spiro atoms. The molecule has 4 heteroatoms. The summed E-state index contributed by atoms with van der Waals surface area (Å²) in [6.07, 6.45) is 5.73. The van der Waals surface area contributed by atoms with E-state index in [-0.39, 0.29) is 0 Å². The molecule has 0 saturated carbocycles. The van der Waals surface area contributed by atoms with Crippen molar-refractivity contribution in [1.82, 2.24) is 9.88 Å². The van der Waals surface area contributed by atoms with Gasteiger partial charge in [0.15, 0.2) is 5.13 Å². The fraction of sp³-hybridized carbons (Fsp3) is 0.700. The van der Waals surface area contributed by atoms with E-state index in [4.69, 9.17) is 5.73 Å². The average molecular weight is 211 g/mol. The summed E-state index contributed by atoms with van der Waals surface area (Å²) in [4.78, 5) is 7.83. The molecule has 0 radical (unpaired) electrons. The number of nitrogen functional groups attached to an aromatic ring is 1. The predicted octanol–water partition coefficient (Wildman–Crippen LogP) is 1.61. The van der Waals surface area contributed by atoms with Crippen LogP contribution in [0.5, 0.6) is 0 Å². The molecule has 1 aromatic heterocycles. The van der Waals surface area contributed by atoms with E-state index in [0.29, 0.717) is 5.13 Å². The molecule has 78 valence electrons. The Balaban J connectivity index is 1.86. The first-order valence-electron chi connectivity index (χ1n) is 5.13. The normalized spacial score (nSPS) is 20.1. The highest BCUT2D eigenvalue weighted by molar-refractivity contribution is 7.15. The van der Waals surface area contributed by atoms with Crippen molar-refractivity contribution >= 4 is 16.5 Å². The third-order valence-electron chi connectivity index (χ3n) is 2.90. The summed E-state index contributed by atoms with van der Waals surface area (Å²) in [5, 5.41) is 0.702.